The van der Waals surface area contributed by atoms with E-state index in [2.05, 4.69) is 12.1 Å². The van der Waals surface area contributed by atoms with Crippen LogP contribution in [0.25, 0.3) is 0 Å². The van der Waals surface area contributed by atoms with E-state index in [-0.39, 0.29) is 0 Å². The van der Waals surface area contributed by atoms with Crippen molar-refractivity contribution in [2.24, 2.45) is 0 Å². The van der Waals surface area contributed by atoms with E-state index >= 15 is 0 Å². The molecule has 1 heterocycles. The highest BCUT2D eigenvalue weighted by Gasteiger charge is 2.31. The Morgan fingerprint density at radius 1 is 1.43 bits per heavy atom. The number of thioether (sulfide) groups is 1. The van der Waals surface area contributed by atoms with Gasteiger partial charge in [0.2, 0.25) is 0 Å². The molecular weight excluding hydrogens is 322 g/mol. The summed E-state index contributed by atoms with van der Waals surface area (Å²) in [6, 6.07) is 3.93. The quantitative estimate of drug-likeness (QED) is 0.415. The fourth-order valence-electron chi connectivity index (χ4n) is 2.39. The maximum atomic E-state index is 6.26. The lowest BCUT2D eigenvalue weighted by Gasteiger charge is -2.13. The van der Waals surface area contributed by atoms with Gasteiger partial charge in [-0.3, -0.25) is 0 Å². The monoisotopic (exact) mass is 337 g/mol. The number of benzene rings is 1. The first-order valence-electron chi connectivity index (χ1n) is 7.04. The summed E-state index contributed by atoms with van der Waals surface area (Å²) in [5.41, 5.74) is 4.13. The van der Waals surface area contributed by atoms with Gasteiger partial charge in [-0.25, -0.2) is 0 Å². The normalized spacial score (nSPS) is 14.4. The third kappa shape index (κ3) is 2.89. The smallest absolute Gasteiger partial charge is 0.132 e. The van der Waals surface area contributed by atoms with E-state index in [0.29, 0.717) is 5.92 Å². The molecule has 1 saturated carbocycles. The van der Waals surface area contributed by atoms with Crippen LogP contribution in [-0.2, 0) is 0 Å². The zero-order valence-electron chi connectivity index (χ0n) is 12.0. The van der Waals surface area contributed by atoms with E-state index in [9.17, 15) is 0 Å². The fraction of sp³-hybridized carbons (Fsp3) is 0.375. The number of hydrogen-bond acceptors (Lipinski definition) is 4. The predicted octanol–water partition coefficient (Wildman–Crippen LogP) is 5.39. The molecular formula is C16H16ClNOS2. The van der Waals surface area contributed by atoms with Gasteiger partial charge in [-0.2, -0.15) is 0 Å². The standard InChI is InChI=1S/C16H16ClNOS2/c1-3-21-16-9(2)13(17)7-6-11(16)15(20)12-8-19-18-14(12)10-4-5-10/h6-8,10H,3-5H2,1-2H3. The van der Waals surface area contributed by atoms with Crippen LogP contribution in [0.5, 0.6) is 0 Å². The van der Waals surface area contributed by atoms with Gasteiger partial charge in [0.25, 0.3) is 0 Å². The van der Waals surface area contributed by atoms with Crippen molar-refractivity contribution in [3.8, 4) is 0 Å². The molecule has 0 amide bonds. The van der Waals surface area contributed by atoms with E-state index in [1.165, 1.54) is 12.8 Å². The maximum Gasteiger partial charge on any atom is 0.132 e. The molecule has 1 aliphatic rings. The van der Waals surface area contributed by atoms with Gasteiger partial charge in [-0.15, -0.1) is 11.8 Å². The van der Waals surface area contributed by atoms with Gasteiger partial charge in [0, 0.05) is 21.4 Å². The molecule has 1 aromatic carbocycles. The Bertz CT molecular complexity index is 692. The molecule has 2 nitrogen and oxygen atoms in total. The van der Waals surface area contributed by atoms with Gasteiger partial charge >= 0.3 is 0 Å². The third-order valence-corrected chi connectivity index (χ3v) is 5.63. The molecule has 0 unspecified atom stereocenters. The van der Waals surface area contributed by atoms with Crippen LogP contribution >= 0.6 is 35.6 Å². The highest BCUT2D eigenvalue weighted by Crippen LogP contribution is 2.42. The van der Waals surface area contributed by atoms with Crippen LogP contribution in [0.4, 0.5) is 0 Å². The number of aromatic nitrogens is 1. The van der Waals surface area contributed by atoms with E-state index in [4.69, 9.17) is 28.3 Å². The van der Waals surface area contributed by atoms with Crippen molar-refractivity contribution in [1.29, 1.82) is 0 Å². The van der Waals surface area contributed by atoms with Crippen LogP contribution in [0.15, 0.2) is 27.8 Å². The summed E-state index contributed by atoms with van der Waals surface area (Å²) in [4.78, 5) is 1.98. The van der Waals surface area contributed by atoms with Crippen LogP contribution in [0, 0.1) is 6.92 Å². The summed E-state index contributed by atoms with van der Waals surface area (Å²) in [5.74, 6) is 1.50. The molecule has 0 spiro atoms. The summed E-state index contributed by atoms with van der Waals surface area (Å²) in [7, 11) is 0. The Kier molecular flexibility index (Phi) is 4.38. The van der Waals surface area contributed by atoms with Crippen LogP contribution < -0.4 is 0 Å². The molecule has 21 heavy (non-hydrogen) atoms. The number of rotatable bonds is 5. The summed E-state index contributed by atoms with van der Waals surface area (Å²) in [6.07, 6.45) is 4.04. The minimum atomic E-state index is 0.521. The molecule has 2 aromatic rings. The molecule has 0 aliphatic heterocycles. The SMILES string of the molecule is CCSc1c(C(=S)c2conc2C2CC2)ccc(Cl)c1C. The highest BCUT2D eigenvalue weighted by molar-refractivity contribution is 7.99. The lowest BCUT2D eigenvalue weighted by atomic mass is 10.0. The lowest BCUT2D eigenvalue weighted by Crippen LogP contribution is -2.05. The van der Waals surface area contributed by atoms with Crippen molar-refractivity contribution >= 4 is 40.4 Å². The van der Waals surface area contributed by atoms with Crippen molar-refractivity contribution < 1.29 is 4.52 Å². The molecule has 1 aromatic heterocycles. The Morgan fingerprint density at radius 2 is 2.19 bits per heavy atom. The number of halogens is 1. The van der Waals surface area contributed by atoms with Crippen LogP contribution in [0.1, 0.15) is 48.1 Å². The molecule has 110 valence electrons. The average Bonchev–Trinajstić information content (AvgIpc) is 3.21. The summed E-state index contributed by atoms with van der Waals surface area (Å²) < 4.78 is 5.17. The van der Waals surface area contributed by atoms with Crippen molar-refractivity contribution in [2.75, 3.05) is 5.75 Å². The highest BCUT2D eigenvalue weighted by atomic mass is 35.5. The maximum absolute atomic E-state index is 6.26. The zero-order chi connectivity index (χ0) is 15.0. The first-order chi connectivity index (χ1) is 10.1. The van der Waals surface area contributed by atoms with Gasteiger partial charge in [-0.1, -0.05) is 42.0 Å². The van der Waals surface area contributed by atoms with Gasteiger partial charge < -0.3 is 4.52 Å². The van der Waals surface area contributed by atoms with Crippen LogP contribution in [-0.4, -0.2) is 15.8 Å². The van der Waals surface area contributed by atoms with Crippen LogP contribution in [0.2, 0.25) is 5.02 Å². The molecule has 0 N–H and O–H groups in total. The molecule has 1 aliphatic carbocycles. The second-order valence-electron chi connectivity index (χ2n) is 5.20. The Morgan fingerprint density at radius 3 is 2.86 bits per heavy atom. The number of thiocarbonyl (C=S) groups is 1. The fourth-order valence-corrected chi connectivity index (χ4v) is 3.93. The Hall–Kier alpha value is -0.840. The van der Waals surface area contributed by atoms with Gasteiger partial charge in [0.1, 0.15) is 6.26 Å². The van der Waals surface area contributed by atoms with Gasteiger partial charge in [0.15, 0.2) is 0 Å². The average molecular weight is 338 g/mol. The second kappa shape index (κ2) is 6.11. The second-order valence-corrected chi connectivity index (χ2v) is 7.29. The molecule has 3 rings (SSSR count). The third-order valence-electron chi connectivity index (χ3n) is 3.68. The molecule has 0 radical (unpaired) electrons. The van der Waals surface area contributed by atoms with E-state index < -0.39 is 0 Å². The van der Waals surface area contributed by atoms with E-state index in [1.807, 2.05) is 19.1 Å². The molecule has 1 fully saturated rings. The minimum absolute atomic E-state index is 0.521. The first-order valence-corrected chi connectivity index (χ1v) is 8.81. The van der Waals surface area contributed by atoms with E-state index in [0.717, 1.165) is 42.9 Å². The first kappa shape index (κ1) is 15.1. The Labute approximate surface area is 139 Å². The summed E-state index contributed by atoms with van der Waals surface area (Å²) in [5, 5.41) is 4.93. The molecule has 5 heteroatoms. The summed E-state index contributed by atoms with van der Waals surface area (Å²) >= 11 is 13.8. The number of nitrogens with zero attached hydrogens (tertiary/aromatic N) is 1. The topological polar surface area (TPSA) is 26.0 Å². The minimum Gasteiger partial charge on any atom is -0.364 e. The van der Waals surface area contributed by atoms with Crippen molar-refractivity contribution in [2.45, 2.75) is 37.5 Å². The Balaban J connectivity index is 2.05. The van der Waals surface area contributed by atoms with Crippen molar-refractivity contribution in [3.63, 3.8) is 0 Å². The van der Waals surface area contributed by atoms with Gasteiger partial charge in [0.05, 0.1) is 16.1 Å². The molecule has 0 atom stereocenters. The van der Waals surface area contributed by atoms with Crippen LogP contribution in [0.3, 0.4) is 0 Å². The lowest BCUT2D eigenvalue weighted by molar-refractivity contribution is 0.412. The largest absolute Gasteiger partial charge is 0.364 e. The van der Waals surface area contributed by atoms with Crippen molar-refractivity contribution in [1.82, 2.24) is 5.16 Å². The van der Waals surface area contributed by atoms with Crippen molar-refractivity contribution in [3.05, 3.63) is 45.8 Å². The van der Waals surface area contributed by atoms with Gasteiger partial charge in [-0.05, 0) is 37.1 Å². The summed E-state index contributed by atoms with van der Waals surface area (Å²) in [6.45, 7) is 4.18. The number of hydrogen-bond donors (Lipinski definition) is 0. The molecule has 0 bridgehead atoms. The molecule has 0 saturated heterocycles. The zero-order valence-corrected chi connectivity index (χ0v) is 14.4. The predicted molar refractivity (Wildman–Crippen MR) is 91.9 cm³/mol. The van der Waals surface area contributed by atoms with E-state index in [1.54, 1.807) is 18.0 Å².